The Morgan fingerprint density at radius 3 is 2.87 bits per heavy atom. The zero-order chi connectivity index (χ0) is 15.8. The molecule has 0 spiro atoms. The van der Waals surface area contributed by atoms with E-state index in [0.29, 0.717) is 5.01 Å². The van der Waals surface area contributed by atoms with Gasteiger partial charge in [-0.1, -0.05) is 41.7 Å². The van der Waals surface area contributed by atoms with E-state index < -0.39 is 0 Å². The highest BCUT2D eigenvalue weighted by Crippen LogP contribution is 2.32. The molecule has 1 atom stereocenters. The minimum atomic E-state index is 0.0339. The number of aromatic nitrogens is 3. The molecule has 6 heteroatoms. The van der Waals surface area contributed by atoms with Gasteiger partial charge in [0.2, 0.25) is 5.01 Å². The lowest BCUT2D eigenvalue weighted by molar-refractivity contribution is 0.0610. The Morgan fingerprint density at radius 1 is 1.26 bits per heavy atom. The van der Waals surface area contributed by atoms with Gasteiger partial charge in [-0.05, 0) is 31.7 Å². The molecule has 0 bridgehead atoms. The van der Waals surface area contributed by atoms with E-state index in [1.807, 2.05) is 30.0 Å². The smallest absolute Gasteiger partial charge is 0.285 e. The van der Waals surface area contributed by atoms with Gasteiger partial charge in [-0.15, -0.1) is 5.10 Å². The summed E-state index contributed by atoms with van der Waals surface area (Å²) < 4.78 is 1.75. The van der Waals surface area contributed by atoms with Crippen molar-refractivity contribution in [2.45, 2.75) is 32.2 Å². The van der Waals surface area contributed by atoms with E-state index in [1.165, 1.54) is 16.9 Å². The molecule has 5 nitrogen and oxygen atoms in total. The van der Waals surface area contributed by atoms with Crippen LogP contribution in [0.4, 0.5) is 0 Å². The van der Waals surface area contributed by atoms with Gasteiger partial charge in [-0.25, -0.2) is 9.50 Å². The van der Waals surface area contributed by atoms with Crippen LogP contribution in [-0.4, -0.2) is 31.9 Å². The second-order valence-corrected chi connectivity index (χ2v) is 6.89. The maximum absolute atomic E-state index is 13.0. The van der Waals surface area contributed by atoms with Crippen LogP contribution in [-0.2, 0) is 0 Å². The second-order valence-electron chi connectivity index (χ2n) is 5.88. The molecule has 4 rings (SSSR count). The Hall–Kier alpha value is -2.21. The predicted molar refractivity (Wildman–Crippen MR) is 89.7 cm³/mol. The maximum atomic E-state index is 13.0. The molecular formula is C17H18N4OS. The fourth-order valence-corrected chi connectivity index (χ4v) is 4.11. The minimum Gasteiger partial charge on any atom is -0.329 e. The van der Waals surface area contributed by atoms with Crippen molar-refractivity contribution in [3.63, 3.8) is 0 Å². The average molecular weight is 326 g/mol. The number of aryl methyl sites for hydroxylation is 1. The summed E-state index contributed by atoms with van der Waals surface area (Å²) in [7, 11) is 0. The SMILES string of the molecule is Cc1ncc2sc(C(=O)N3CCCCC3c3ccccc3)nn12. The van der Waals surface area contributed by atoms with Crippen LogP contribution < -0.4 is 0 Å². The summed E-state index contributed by atoms with van der Waals surface area (Å²) in [5.41, 5.74) is 1.21. The first-order chi connectivity index (χ1) is 11.2. The van der Waals surface area contributed by atoms with Gasteiger partial charge in [0.1, 0.15) is 10.7 Å². The molecule has 23 heavy (non-hydrogen) atoms. The number of piperidine rings is 1. The molecule has 118 valence electrons. The Labute approximate surface area is 138 Å². The third-order valence-electron chi connectivity index (χ3n) is 4.40. The van der Waals surface area contributed by atoms with E-state index in [-0.39, 0.29) is 11.9 Å². The Kier molecular flexibility index (Phi) is 3.61. The normalized spacial score (nSPS) is 18.5. The van der Waals surface area contributed by atoms with Gasteiger partial charge < -0.3 is 4.90 Å². The van der Waals surface area contributed by atoms with Crippen LogP contribution in [0.2, 0.25) is 0 Å². The third-order valence-corrected chi connectivity index (χ3v) is 5.34. The van der Waals surface area contributed by atoms with Gasteiger partial charge in [0.15, 0.2) is 0 Å². The summed E-state index contributed by atoms with van der Waals surface area (Å²) in [4.78, 5) is 20.1. The topological polar surface area (TPSA) is 50.5 Å². The van der Waals surface area contributed by atoms with E-state index in [4.69, 9.17) is 0 Å². The number of amides is 1. The Morgan fingerprint density at radius 2 is 2.09 bits per heavy atom. The zero-order valence-electron chi connectivity index (χ0n) is 13.0. The summed E-state index contributed by atoms with van der Waals surface area (Å²) in [6, 6.07) is 10.5. The largest absolute Gasteiger partial charge is 0.329 e. The van der Waals surface area contributed by atoms with Crippen LogP contribution in [0, 0.1) is 6.92 Å². The van der Waals surface area contributed by atoms with Crippen molar-refractivity contribution in [2.75, 3.05) is 6.54 Å². The highest BCUT2D eigenvalue weighted by Gasteiger charge is 2.30. The molecule has 2 aromatic heterocycles. The quantitative estimate of drug-likeness (QED) is 0.724. The molecular weight excluding hydrogens is 308 g/mol. The number of rotatable bonds is 2. The van der Waals surface area contributed by atoms with Crippen LogP contribution in [0.3, 0.4) is 0 Å². The van der Waals surface area contributed by atoms with Crippen LogP contribution in [0.25, 0.3) is 4.83 Å². The van der Waals surface area contributed by atoms with Gasteiger partial charge in [0.05, 0.1) is 12.2 Å². The highest BCUT2D eigenvalue weighted by atomic mass is 32.1. The molecule has 1 amide bonds. The number of carbonyl (C=O) groups excluding carboxylic acids is 1. The Balaban J connectivity index is 1.67. The number of likely N-dealkylation sites (tertiary alicyclic amines) is 1. The first-order valence-corrected chi connectivity index (χ1v) is 8.73. The molecule has 1 aromatic carbocycles. The second kappa shape index (κ2) is 5.77. The molecule has 1 fully saturated rings. The van der Waals surface area contributed by atoms with Gasteiger partial charge in [-0.2, -0.15) is 0 Å². The molecule has 1 aliphatic heterocycles. The summed E-state index contributed by atoms with van der Waals surface area (Å²) in [5.74, 6) is 0.847. The van der Waals surface area contributed by atoms with Crippen molar-refractivity contribution in [1.29, 1.82) is 0 Å². The standard InChI is InChI=1S/C17H18N4OS/c1-12-18-11-15-21(12)19-16(23-15)17(22)20-10-6-5-9-14(20)13-7-3-2-4-8-13/h2-4,7-8,11,14H,5-6,9-10H2,1H3. The summed E-state index contributed by atoms with van der Waals surface area (Å²) in [6.07, 6.45) is 5.00. The molecule has 0 radical (unpaired) electrons. The molecule has 1 saturated heterocycles. The number of hydrogen-bond donors (Lipinski definition) is 0. The monoisotopic (exact) mass is 326 g/mol. The summed E-state index contributed by atoms with van der Waals surface area (Å²) in [6.45, 7) is 2.69. The predicted octanol–water partition coefficient (Wildman–Crippen LogP) is 3.47. The van der Waals surface area contributed by atoms with E-state index in [1.54, 1.807) is 10.7 Å². The van der Waals surface area contributed by atoms with Gasteiger partial charge >= 0.3 is 0 Å². The van der Waals surface area contributed by atoms with Crippen molar-refractivity contribution in [1.82, 2.24) is 19.5 Å². The van der Waals surface area contributed by atoms with Gasteiger partial charge in [-0.3, -0.25) is 4.79 Å². The minimum absolute atomic E-state index is 0.0339. The average Bonchev–Trinajstić information content (AvgIpc) is 3.17. The van der Waals surface area contributed by atoms with Crippen molar-refractivity contribution in [2.24, 2.45) is 0 Å². The van der Waals surface area contributed by atoms with Gasteiger partial charge in [0.25, 0.3) is 5.91 Å². The third kappa shape index (κ3) is 2.53. The van der Waals surface area contributed by atoms with Crippen LogP contribution >= 0.6 is 11.3 Å². The number of hydrogen-bond acceptors (Lipinski definition) is 4. The van der Waals surface area contributed by atoms with E-state index in [9.17, 15) is 4.79 Å². The number of carbonyl (C=O) groups is 1. The lowest BCUT2D eigenvalue weighted by atomic mass is 9.95. The summed E-state index contributed by atoms with van der Waals surface area (Å²) >= 11 is 1.42. The lowest BCUT2D eigenvalue weighted by Crippen LogP contribution is -2.38. The number of imidazole rings is 1. The molecule has 0 N–H and O–H groups in total. The molecule has 0 saturated carbocycles. The summed E-state index contributed by atoms with van der Waals surface area (Å²) in [5, 5.41) is 5.01. The Bertz CT molecular complexity index is 839. The van der Waals surface area contributed by atoms with Crippen molar-refractivity contribution >= 4 is 22.1 Å². The van der Waals surface area contributed by atoms with Crippen LogP contribution in [0.5, 0.6) is 0 Å². The van der Waals surface area contributed by atoms with Crippen molar-refractivity contribution in [3.8, 4) is 0 Å². The van der Waals surface area contributed by atoms with E-state index in [0.717, 1.165) is 36.5 Å². The molecule has 0 aliphatic carbocycles. The lowest BCUT2D eigenvalue weighted by Gasteiger charge is -2.35. The number of benzene rings is 1. The molecule has 3 heterocycles. The van der Waals surface area contributed by atoms with E-state index >= 15 is 0 Å². The molecule has 3 aromatic rings. The number of fused-ring (bicyclic) bond motifs is 1. The van der Waals surface area contributed by atoms with Crippen molar-refractivity contribution in [3.05, 3.63) is 52.9 Å². The first kappa shape index (κ1) is 14.4. The fraction of sp³-hybridized carbons (Fsp3) is 0.353. The first-order valence-electron chi connectivity index (χ1n) is 7.91. The molecule has 1 aliphatic rings. The zero-order valence-corrected chi connectivity index (χ0v) is 13.8. The van der Waals surface area contributed by atoms with Crippen LogP contribution in [0.15, 0.2) is 36.5 Å². The van der Waals surface area contributed by atoms with Gasteiger partial charge in [0, 0.05) is 6.54 Å². The maximum Gasteiger partial charge on any atom is 0.285 e. The fourth-order valence-electron chi connectivity index (χ4n) is 3.22. The van der Waals surface area contributed by atoms with E-state index in [2.05, 4.69) is 22.2 Å². The molecule has 1 unspecified atom stereocenters. The number of nitrogens with zero attached hydrogens (tertiary/aromatic N) is 4. The van der Waals surface area contributed by atoms with Crippen LogP contribution in [0.1, 0.15) is 46.5 Å². The highest BCUT2D eigenvalue weighted by molar-refractivity contribution is 7.18. The van der Waals surface area contributed by atoms with Crippen molar-refractivity contribution < 1.29 is 4.79 Å².